The van der Waals surface area contributed by atoms with E-state index in [1.807, 2.05) is 20.8 Å². The van der Waals surface area contributed by atoms with E-state index in [9.17, 15) is 4.79 Å². The van der Waals surface area contributed by atoms with Gasteiger partial charge in [0.05, 0.1) is 22.1 Å². The average molecular weight is 299 g/mol. The molecule has 0 bridgehead atoms. The third-order valence-electron chi connectivity index (χ3n) is 2.84. The van der Waals surface area contributed by atoms with Crippen LogP contribution in [0.4, 0.5) is 5.69 Å². The molecule has 0 saturated heterocycles. The Morgan fingerprint density at radius 3 is 2.58 bits per heavy atom. The summed E-state index contributed by atoms with van der Waals surface area (Å²) >= 11 is 7.52. The number of rotatable bonds is 3. The summed E-state index contributed by atoms with van der Waals surface area (Å²) in [5.41, 5.74) is 2.62. The molecule has 0 saturated carbocycles. The van der Waals surface area contributed by atoms with Gasteiger partial charge in [-0.3, -0.25) is 9.48 Å². The molecular formula is C12H15ClN4OS. The molecule has 2 aromatic rings. The molecule has 102 valence electrons. The number of amides is 1. The molecule has 19 heavy (non-hydrogen) atoms. The maximum Gasteiger partial charge on any atom is 0.275 e. The normalized spacial score (nSPS) is 10.8. The fraction of sp³-hybridized carbons (Fsp3) is 0.417. The minimum atomic E-state index is -0.251. The first-order valence-corrected chi connectivity index (χ1v) is 7.08. The Hall–Kier alpha value is -1.40. The molecule has 0 aliphatic rings. The third kappa shape index (κ3) is 2.50. The lowest BCUT2D eigenvalue weighted by Crippen LogP contribution is -2.18. The molecule has 2 rings (SSSR count). The Morgan fingerprint density at radius 1 is 1.37 bits per heavy atom. The maximum atomic E-state index is 12.4. The molecule has 1 N–H and O–H groups in total. The fourth-order valence-electron chi connectivity index (χ4n) is 1.84. The zero-order valence-corrected chi connectivity index (χ0v) is 12.8. The molecule has 2 heterocycles. The van der Waals surface area contributed by atoms with E-state index in [0.717, 1.165) is 16.3 Å². The number of nitrogens with zero attached hydrogens (tertiary/aromatic N) is 3. The lowest BCUT2D eigenvalue weighted by atomic mass is 10.3. The maximum absolute atomic E-state index is 12.4. The number of hydrogen-bond acceptors (Lipinski definition) is 4. The van der Waals surface area contributed by atoms with Gasteiger partial charge in [0, 0.05) is 11.4 Å². The van der Waals surface area contributed by atoms with Gasteiger partial charge in [-0.2, -0.15) is 9.47 Å². The van der Waals surface area contributed by atoms with Crippen LogP contribution in [-0.4, -0.2) is 20.1 Å². The number of hydrogen-bond donors (Lipinski definition) is 1. The van der Waals surface area contributed by atoms with E-state index < -0.39 is 0 Å². The van der Waals surface area contributed by atoms with Crippen molar-refractivity contribution in [1.82, 2.24) is 14.2 Å². The van der Waals surface area contributed by atoms with Crippen molar-refractivity contribution >= 4 is 34.7 Å². The molecule has 5 nitrogen and oxygen atoms in total. The van der Waals surface area contributed by atoms with Crippen molar-refractivity contribution in [2.45, 2.75) is 34.2 Å². The van der Waals surface area contributed by atoms with Gasteiger partial charge >= 0.3 is 0 Å². The minimum Gasteiger partial charge on any atom is -0.318 e. The fourth-order valence-corrected chi connectivity index (χ4v) is 2.72. The number of carbonyl (C=O) groups excluding carboxylic acids is 1. The zero-order valence-electron chi connectivity index (χ0n) is 11.2. The number of halogens is 1. The van der Waals surface area contributed by atoms with Crippen molar-refractivity contribution in [1.29, 1.82) is 0 Å². The van der Waals surface area contributed by atoms with Gasteiger partial charge in [-0.1, -0.05) is 11.6 Å². The topological polar surface area (TPSA) is 59.8 Å². The van der Waals surface area contributed by atoms with E-state index in [-0.39, 0.29) is 5.91 Å². The van der Waals surface area contributed by atoms with Gasteiger partial charge < -0.3 is 5.32 Å². The average Bonchev–Trinajstić information content (AvgIpc) is 2.84. The molecule has 0 aliphatic carbocycles. The smallest absolute Gasteiger partial charge is 0.275 e. The summed E-state index contributed by atoms with van der Waals surface area (Å²) in [5, 5.41) is 7.50. The summed E-state index contributed by atoms with van der Waals surface area (Å²) in [6.45, 7) is 8.08. The van der Waals surface area contributed by atoms with Crippen LogP contribution in [0.25, 0.3) is 0 Å². The van der Waals surface area contributed by atoms with Gasteiger partial charge in [-0.15, -0.1) is 0 Å². The Balaban J connectivity index is 2.36. The van der Waals surface area contributed by atoms with Crippen LogP contribution in [0.1, 0.15) is 33.7 Å². The highest BCUT2D eigenvalue weighted by Gasteiger charge is 2.21. The Morgan fingerprint density at radius 2 is 2.05 bits per heavy atom. The highest BCUT2D eigenvalue weighted by atomic mass is 35.5. The van der Waals surface area contributed by atoms with Gasteiger partial charge in [0.25, 0.3) is 5.91 Å². The molecule has 0 radical (unpaired) electrons. The van der Waals surface area contributed by atoms with Crippen molar-refractivity contribution in [2.75, 3.05) is 5.32 Å². The largest absolute Gasteiger partial charge is 0.318 e. The molecule has 0 atom stereocenters. The molecule has 0 unspecified atom stereocenters. The minimum absolute atomic E-state index is 0.251. The van der Waals surface area contributed by atoms with Crippen LogP contribution in [0.15, 0.2) is 0 Å². The molecular weight excluding hydrogens is 284 g/mol. The number of nitrogens with one attached hydrogen (secondary N) is 1. The monoisotopic (exact) mass is 298 g/mol. The van der Waals surface area contributed by atoms with E-state index in [1.54, 1.807) is 11.6 Å². The summed E-state index contributed by atoms with van der Waals surface area (Å²) in [6, 6.07) is 0. The van der Waals surface area contributed by atoms with Crippen LogP contribution in [0.5, 0.6) is 0 Å². The van der Waals surface area contributed by atoms with E-state index in [0.29, 0.717) is 23.0 Å². The van der Waals surface area contributed by atoms with Crippen LogP contribution < -0.4 is 5.32 Å². The molecule has 0 aromatic carbocycles. The summed E-state index contributed by atoms with van der Waals surface area (Å²) in [7, 11) is 0. The summed E-state index contributed by atoms with van der Waals surface area (Å²) in [6.07, 6.45) is 0. The predicted octanol–water partition coefficient (Wildman–Crippen LogP) is 3.19. The number of aryl methyl sites for hydroxylation is 4. The van der Waals surface area contributed by atoms with Crippen molar-refractivity contribution in [3.8, 4) is 0 Å². The van der Waals surface area contributed by atoms with Crippen LogP contribution >= 0.6 is 23.1 Å². The lowest BCUT2D eigenvalue weighted by molar-refractivity contribution is 0.101. The van der Waals surface area contributed by atoms with E-state index in [1.165, 1.54) is 11.5 Å². The van der Waals surface area contributed by atoms with Crippen molar-refractivity contribution in [3.63, 3.8) is 0 Å². The summed E-state index contributed by atoms with van der Waals surface area (Å²) in [5.74, 6) is -0.251. The van der Waals surface area contributed by atoms with E-state index in [4.69, 9.17) is 11.6 Å². The highest BCUT2D eigenvalue weighted by molar-refractivity contribution is 7.06. The van der Waals surface area contributed by atoms with Crippen molar-refractivity contribution in [3.05, 3.63) is 27.0 Å². The van der Waals surface area contributed by atoms with Gasteiger partial charge in [-0.25, -0.2) is 0 Å². The number of aromatic nitrogens is 3. The molecule has 0 fully saturated rings. The first kappa shape index (κ1) is 14.0. The molecule has 2 aromatic heterocycles. The summed E-state index contributed by atoms with van der Waals surface area (Å²) in [4.78, 5) is 13.3. The van der Waals surface area contributed by atoms with Gasteiger partial charge in [0.2, 0.25) is 0 Å². The SMILES string of the molecule is CCn1nc(C)c(Cl)c1C(=O)Nc1c(C)nsc1C. The second-order valence-electron chi connectivity index (χ2n) is 4.22. The van der Waals surface area contributed by atoms with Crippen LogP contribution in [0.2, 0.25) is 5.02 Å². The predicted molar refractivity (Wildman–Crippen MR) is 77.2 cm³/mol. The molecule has 1 amide bonds. The quantitative estimate of drug-likeness (QED) is 0.946. The van der Waals surface area contributed by atoms with Gasteiger partial charge in [0.15, 0.2) is 0 Å². The van der Waals surface area contributed by atoms with E-state index >= 15 is 0 Å². The van der Waals surface area contributed by atoms with Crippen LogP contribution in [0.3, 0.4) is 0 Å². The zero-order chi connectivity index (χ0) is 14.2. The first-order chi connectivity index (χ1) is 8.95. The van der Waals surface area contributed by atoms with Crippen molar-refractivity contribution < 1.29 is 4.79 Å². The highest BCUT2D eigenvalue weighted by Crippen LogP contribution is 2.26. The molecule has 7 heteroatoms. The Bertz CT molecular complexity index is 612. The number of carbonyl (C=O) groups is 1. The number of anilines is 1. The van der Waals surface area contributed by atoms with Gasteiger partial charge in [0.1, 0.15) is 5.69 Å². The Kier molecular flexibility index (Phi) is 3.91. The standard InChI is InChI=1S/C12H15ClN4OS/c1-5-17-11(9(13)6(2)15-17)12(18)14-10-7(3)16-19-8(10)4/h5H2,1-4H3,(H,14,18). The summed E-state index contributed by atoms with van der Waals surface area (Å²) < 4.78 is 5.81. The second-order valence-corrected chi connectivity index (χ2v) is 5.57. The van der Waals surface area contributed by atoms with Crippen molar-refractivity contribution in [2.24, 2.45) is 0 Å². The van der Waals surface area contributed by atoms with E-state index in [2.05, 4.69) is 14.8 Å². The second kappa shape index (κ2) is 5.30. The van der Waals surface area contributed by atoms with Crippen LogP contribution in [-0.2, 0) is 6.54 Å². The molecule has 0 aliphatic heterocycles. The molecule has 0 spiro atoms. The first-order valence-electron chi connectivity index (χ1n) is 5.92. The van der Waals surface area contributed by atoms with Crippen LogP contribution in [0, 0.1) is 20.8 Å². The Labute approximate surface area is 120 Å². The lowest BCUT2D eigenvalue weighted by Gasteiger charge is -2.07. The van der Waals surface area contributed by atoms with Gasteiger partial charge in [-0.05, 0) is 39.2 Å². The third-order valence-corrected chi connectivity index (χ3v) is 4.14.